The molecule has 0 atom stereocenters. The average molecular weight is 344 g/mol. The van der Waals surface area contributed by atoms with Gasteiger partial charge in [0.25, 0.3) is 5.56 Å². The Labute approximate surface area is 146 Å². The first-order valence-electron chi connectivity index (χ1n) is 8.11. The fourth-order valence-corrected chi connectivity index (χ4v) is 2.60. The van der Waals surface area contributed by atoms with Crippen LogP contribution in [0.15, 0.2) is 35.3 Å². The summed E-state index contributed by atoms with van der Waals surface area (Å²) in [5, 5.41) is 11.9. The maximum atomic E-state index is 12.3. The molecule has 0 spiro atoms. The number of carbonyl (C=O) groups is 1. The zero-order valence-corrected chi connectivity index (χ0v) is 14.8. The smallest absolute Gasteiger partial charge is 0.323 e. The quantitative estimate of drug-likeness (QED) is 0.752. The highest BCUT2D eigenvalue weighted by Crippen LogP contribution is 2.08. The number of aromatic nitrogens is 2. The first-order valence-corrected chi connectivity index (χ1v) is 8.11. The summed E-state index contributed by atoms with van der Waals surface area (Å²) in [6.45, 7) is 2.72. The fraction of sp³-hybridized carbons (Fsp3) is 0.389. The lowest BCUT2D eigenvalue weighted by Gasteiger charge is -2.12. The summed E-state index contributed by atoms with van der Waals surface area (Å²) < 4.78 is 1.20. The molecule has 2 aromatic rings. The topological polar surface area (TPSA) is 87.5 Å². The van der Waals surface area contributed by atoms with Crippen molar-refractivity contribution in [2.45, 2.75) is 26.4 Å². The predicted octanol–water partition coefficient (Wildman–Crippen LogP) is 1.35. The van der Waals surface area contributed by atoms with Crippen molar-refractivity contribution in [3.63, 3.8) is 0 Å². The lowest BCUT2D eigenvalue weighted by molar-refractivity contribution is -0.137. The lowest BCUT2D eigenvalue weighted by atomic mass is 10.1. The molecule has 7 heteroatoms. The Morgan fingerprint density at radius 3 is 2.72 bits per heavy atom. The summed E-state index contributed by atoms with van der Waals surface area (Å²) in [5.41, 5.74) is 2.52. The van der Waals surface area contributed by atoms with Crippen LogP contribution in [0.1, 0.15) is 16.8 Å². The van der Waals surface area contributed by atoms with Gasteiger partial charge in [0.2, 0.25) is 0 Å². The molecule has 0 aliphatic carbocycles. The number of hydrogen-bond donors (Lipinski definition) is 2. The molecule has 0 bridgehead atoms. The van der Waals surface area contributed by atoms with Gasteiger partial charge in [-0.2, -0.15) is 0 Å². The average Bonchev–Trinajstić information content (AvgIpc) is 2.53. The van der Waals surface area contributed by atoms with Crippen LogP contribution >= 0.6 is 0 Å². The van der Waals surface area contributed by atoms with Gasteiger partial charge in [0.15, 0.2) is 5.82 Å². The van der Waals surface area contributed by atoms with E-state index in [0.717, 1.165) is 13.0 Å². The van der Waals surface area contributed by atoms with Crippen molar-refractivity contribution >= 4 is 11.8 Å². The maximum Gasteiger partial charge on any atom is 0.323 e. The van der Waals surface area contributed by atoms with Gasteiger partial charge in [-0.05, 0) is 38.6 Å². The highest BCUT2D eigenvalue weighted by atomic mass is 16.4. The van der Waals surface area contributed by atoms with E-state index < -0.39 is 11.5 Å². The predicted molar refractivity (Wildman–Crippen MR) is 96.9 cm³/mol. The second-order valence-corrected chi connectivity index (χ2v) is 6.27. The number of benzene rings is 1. The second kappa shape index (κ2) is 8.43. The van der Waals surface area contributed by atoms with E-state index in [1.54, 1.807) is 6.92 Å². The third-order valence-electron chi connectivity index (χ3n) is 3.74. The normalized spacial score (nSPS) is 10.9. The monoisotopic (exact) mass is 344 g/mol. The van der Waals surface area contributed by atoms with E-state index in [9.17, 15) is 9.59 Å². The number of rotatable bonds is 8. The van der Waals surface area contributed by atoms with Crippen molar-refractivity contribution in [1.29, 1.82) is 0 Å². The molecular formula is C18H24N4O3. The van der Waals surface area contributed by atoms with E-state index in [4.69, 9.17) is 5.11 Å². The van der Waals surface area contributed by atoms with Crippen LogP contribution in [0.25, 0.3) is 0 Å². The number of hydrogen-bond acceptors (Lipinski definition) is 5. The van der Waals surface area contributed by atoms with E-state index in [-0.39, 0.29) is 12.4 Å². The van der Waals surface area contributed by atoms with Crippen LogP contribution in [-0.4, -0.2) is 46.2 Å². The summed E-state index contributed by atoms with van der Waals surface area (Å²) in [7, 11) is 4.05. The Kier molecular flexibility index (Phi) is 6.30. The highest BCUT2D eigenvalue weighted by molar-refractivity contribution is 5.66. The minimum Gasteiger partial charge on any atom is -0.480 e. The molecule has 2 rings (SSSR count). The SMILES string of the molecule is Cc1cnc(NCCc2cccc(CN(C)C)c2)c(=O)n1CC(=O)O. The van der Waals surface area contributed by atoms with Crippen molar-refractivity contribution in [2.24, 2.45) is 0 Å². The zero-order chi connectivity index (χ0) is 18.4. The molecule has 0 fully saturated rings. The van der Waals surface area contributed by atoms with Crippen LogP contribution in [-0.2, 0) is 24.3 Å². The number of aliphatic carboxylic acids is 1. The van der Waals surface area contributed by atoms with E-state index in [0.29, 0.717) is 12.2 Å². The van der Waals surface area contributed by atoms with E-state index >= 15 is 0 Å². The third-order valence-corrected chi connectivity index (χ3v) is 3.74. The van der Waals surface area contributed by atoms with Gasteiger partial charge in [0.1, 0.15) is 6.54 Å². The Balaban J connectivity index is 2.03. The Morgan fingerprint density at radius 2 is 2.04 bits per heavy atom. The number of carboxylic acids is 1. The molecule has 0 saturated heterocycles. The Bertz CT molecular complexity index is 799. The molecular weight excluding hydrogens is 320 g/mol. The standard InChI is InChI=1S/C18H24N4O3/c1-13-10-20-17(18(25)22(13)12-16(23)24)19-8-7-14-5-4-6-15(9-14)11-21(2)3/h4-6,9-10H,7-8,11-12H2,1-3H3,(H,19,20)(H,23,24). The van der Waals surface area contributed by atoms with E-state index in [1.807, 2.05) is 26.2 Å². The number of aryl methyl sites for hydroxylation is 1. The van der Waals surface area contributed by atoms with Gasteiger partial charge in [0, 0.05) is 25.0 Å². The lowest BCUT2D eigenvalue weighted by Crippen LogP contribution is -2.29. The molecule has 0 unspecified atom stereocenters. The number of anilines is 1. The largest absolute Gasteiger partial charge is 0.480 e. The minimum absolute atomic E-state index is 0.177. The highest BCUT2D eigenvalue weighted by Gasteiger charge is 2.10. The molecule has 1 heterocycles. The molecule has 0 aliphatic heterocycles. The van der Waals surface area contributed by atoms with Crippen molar-refractivity contribution in [3.05, 3.63) is 57.6 Å². The van der Waals surface area contributed by atoms with E-state index in [1.165, 1.54) is 21.9 Å². The van der Waals surface area contributed by atoms with Gasteiger partial charge in [-0.15, -0.1) is 0 Å². The molecule has 1 aromatic carbocycles. The van der Waals surface area contributed by atoms with Gasteiger partial charge < -0.3 is 15.3 Å². The maximum absolute atomic E-state index is 12.3. The van der Waals surface area contributed by atoms with E-state index in [2.05, 4.69) is 27.3 Å². The van der Waals surface area contributed by atoms with Gasteiger partial charge in [-0.1, -0.05) is 24.3 Å². The molecule has 0 saturated carbocycles. The molecule has 0 amide bonds. The first-order chi connectivity index (χ1) is 11.9. The van der Waals surface area contributed by atoms with Gasteiger partial charge in [-0.3, -0.25) is 14.2 Å². The fourth-order valence-electron chi connectivity index (χ4n) is 2.60. The van der Waals surface area contributed by atoms with Gasteiger partial charge in [-0.25, -0.2) is 4.98 Å². The summed E-state index contributed by atoms with van der Waals surface area (Å²) in [4.78, 5) is 29.4. The van der Waals surface area contributed by atoms with Crippen molar-refractivity contribution in [2.75, 3.05) is 26.0 Å². The molecule has 0 radical (unpaired) electrons. The number of nitrogens with zero attached hydrogens (tertiary/aromatic N) is 3. The van der Waals surface area contributed by atoms with Gasteiger partial charge >= 0.3 is 5.97 Å². The Morgan fingerprint density at radius 1 is 1.32 bits per heavy atom. The second-order valence-electron chi connectivity index (χ2n) is 6.27. The van der Waals surface area contributed by atoms with Crippen molar-refractivity contribution in [1.82, 2.24) is 14.5 Å². The third kappa shape index (κ3) is 5.42. The van der Waals surface area contributed by atoms with Crippen LogP contribution in [0.4, 0.5) is 5.82 Å². The molecule has 25 heavy (non-hydrogen) atoms. The summed E-state index contributed by atoms with van der Waals surface area (Å²) in [6, 6.07) is 8.31. The summed E-state index contributed by atoms with van der Waals surface area (Å²) >= 11 is 0. The Hall–Kier alpha value is -2.67. The molecule has 0 aliphatic rings. The molecule has 1 aromatic heterocycles. The van der Waals surface area contributed by atoms with Crippen LogP contribution in [0.5, 0.6) is 0 Å². The molecule has 134 valence electrons. The summed E-state index contributed by atoms with van der Waals surface area (Å²) in [5.74, 6) is -0.878. The van der Waals surface area contributed by atoms with Crippen molar-refractivity contribution in [3.8, 4) is 0 Å². The molecule has 2 N–H and O–H groups in total. The first kappa shape index (κ1) is 18.7. The van der Waals surface area contributed by atoms with Crippen molar-refractivity contribution < 1.29 is 9.90 Å². The van der Waals surface area contributed by atoms with Crippen LogP contribution in [0.3, 0.4) is 0 Å². The zero-order valence-electron chi connectivity index (χ0n) is 14.8. The number of nitrogens with one attached hydrogen (secondary N) is 1. The van der Waals surface area contributed by atoms with Gasteiger partial charge in [0.05, 0.1) is 0 Å². The number of carboxylic acid groups (broad SMARTS) is 1. The molecule has 7 nitrogen and oxygen atoms in total. The van der Waals surface area contributed by atoms with Crippen LogP contribution < -0.4 is 10.9 Å². The summed E-state index contributed by atoms with van der Waals surface area (Å²) in [6.07, 6.45) is 2.25. The minimum atomic E-state index is -1.06. The van der Waals surface area contributed by atoms with Crippen LogP contribution in [0.2, 0.25) is 0 Å². The van der Waals surface area contributed by atoms with Crippen LogP contribution in [0, 0.1) is 6.92 Å².